The lowest BCUT2D eigenvalue weighted by Gasteiger charge is -2.16. The van der Waals surface area contributed by atoms with Crippen LogP contribution in [0.3, 0.4) is 0 Å². The van der Waals surface area contributed by atoms with Gasteiger partial charge in [-0.05, 0) is 35.2 Å². The molecule has 2 N–H and O–H groups in total. The van der Waals surface area contributed by atoms with Crippen molar-refractivity contribution in [3.8, 4) is 34.3 Å². The summed E-state index contributed by atoms with van der Waals surface area (Å²) < 4.78 is 18.4. The third-order valence-electron chi connectivity index (χ3n) is 4.95. The van der Waals surface area contributed by atoms with Crippen LogP contribution in [0.2, 0.25) is 0 Å². The Kier molecular flexibility index (Phi) is 4.85. The van der Waals surface area contributed by atoms with Crippen molar-refractivity contribution >= 4 is 16.7 Å². The molecule has 1 aromatic heterocycles. The normalized spacial score (nSPS) is 13.2. The molecule has 5 rings (SSSR count). The van der Waals surface area contributed by atoms with Crippen molar-refractivity contribution in [3.05, 3.63) is 42.1 Å². The first kappa shape index (κ1) is 18.8. The average molecular weight is 397 g/mol. The Morgan fingerprint density at radius 2 is 1.97 bits per heavy atom. The predicted octanol–water partition coefficient (Wildman–Crippen LogP) is 0.522. The average Bonchev–Trinajstić information content (AvgIpc) is 3.19. The maximum atomic E-state index is 10.4. The number of aromatic nitrogens is 1. The minimum atomic E-state index is -1.44. The number of rotatable bonds is 2. The molecule has 29 heavy (non-hydrogen) atoms. The van der Waals surface area contributed by atoms with E-state index in [-0.39, 0.29) is 12.5 Å². The van der Waals surface area contributed by atoms with E-state index >= 15 is 0 Å². The van der Waals surface area contributed by atoms with Crippen molar-refractivity contribution in [2.75, 3.05) is 20.5 Å². The highest BCUT2D eigenvalue weighted by Gasteiger charge is 2.28. The van der Waals surface area contributed by atoms with Gasteiger partial charge in [-0.3, -0.25) is 0 Å². The van der Waals surface area contributed by atoms with Gasteiger partial charge in [-0.15, -0.1) is 0 Å². The molecular weight excluding hydrogens is 378 g/mol. The fraction of sp³-hybridized carbons (Fsp3) is 0.238. The number of aryl methyl sites for hydroxylation is 2. The van der Waals surface area contributed by atoms with Gasteiger partial charge in [0.1, 0.15) is 0 Å². The maximum Gasteiger partial charge on any atom is 0.231 e. The van der Waals surface area contributed by atoms with Crippen molar-refractivity contribution in [3.63, 3.8) is 0 Å². The number of fused-ring (bicyclic) bond motifs is 5. The summed E-state index contributed by atoms with van der Waals surface area (Å²) in [6.07, 6.45) is 2.91. The summed E-state index contributed by atoms with van der Waals surface area (Å²) in [5, 5.41) is 28.7. The van der Waals surface area contributed by atoms with Crippen LogP contribution in [-0.4, -0.2) is 36.7 Å². The molecule has 0 aliphatic carbocycles. The van der Waals surface area contributed by atoms with Crippen molar-refractivity contribution in [1.82, 2.24) is 0 Å². The van der Waals surface area contributed by atoms with Gasteiger partial charge in [-0.1, -0.05) is 0 Å². The van der Waals surface area contributed by atoms with Crippen LogP contribution in [0.15, 0.2) is 36.5 Å². The Hall–Kier alpha value is -3.52. The van der Waals surface area contributed by atoms with Crippen molar-refractivity contribution < 1.29 is 38.9 Å². The molecular formula is C21H19NO7. The third-order valence-corrected chi connectivity index (χ3v) is 4.95. The zero-order valence-electron chi connectivity index (χ0n) is 15.7. The number of aliphatic hydroxyl groups excluding tert-OH is 1. The Labute approximate surface area is 166 Å². The highest BCUT2D eigenvalue weighted by Crippen LogP contribution is 2.41. The van der Waals surface area contributed by atoms with Crippen molar-refractivity contribution in [2.45, 2.75) is 13.0 Å². The van der Waals surface area contributed by atoms with Crippen LogP contribution in [0.1, 0.15) is 5.56 Å². The van der Waals surface area contributed by atoms with Crippen LogP contribution < -0.4 is 23.9 Å². The van der Waals surface area contributed by atoms with Gasteiger partial charge < -0.3 is 34.3 Å². The summed E-state index contributed by atoms with van der Waals surface area (Å²) >= 11 is 0. The van der Waals surface area contributed by atoms with E-state index in [1.807, 2.05) is 12.3 Å². The number of benzene rings is 2. The number of hydrogen-bond acceptors (Lipinski definition) is 7. The van der Waals surface area contributed by atoms with Crippen LogP contribution in [-0.2, 0) is 17.8 Å². The lowest BCUT2D eigenvalue weighted by molar-refractivity contribution is -0.686. The van der Waals surface area contributed by atoms with E-state index in [2.05, 4.69) is 22.8 Å². The van der Waals surface area contributed by atoms with Crippen LogP contribution in [0.4, 0.5) is 0 Å². The number of aromatic hydroxyl groups is 1. The van der Waals surface area contributed by atoms with Crippen LogP contribution >= 0.6 is 0 Å². The zero-order valence-corrected chi connectivity index (χ0v) is 15.7. The molecule has 0 radical (unpaired) electrons. The molecule has 0 saturated heterocycles. The molecule has 0 unspecified atom stereocenters. The number of phenols is 1. The van der Waals surface area contributed by atoms with Gasteiger partial charge in [0.05, 0.1) is 30.6 Å². The second kappa shape index (κ2) is 7.48. The Balaban J connectivity index is 0.000000369. The largest absolute Gasteiger partial charge is 0.548 e. The van der Waals surface area contributed by atoms with E-state index in [1.165, 1.54) is 5.56 Å². The molecule has 8 nitrogen and oxygen atoms in total. The number of methoxy groups -OCH3 is 1. The van der Waals surface area contributed by atoms with Gasteiger partial charge >= 0.3 is 0 Å². The van der Waals surface area contributed by atoms with Gasteiger partial charge in [0.15, 0.2) is 35.7 Å². The highest BCUT2D eigenvalue weighted by atomic mass is 16.7. The van der Waals surface area contributed by atoms with E-state index in [4.69, 9.17) is 29.2 Å². The Morgan fingerprint density at radius 3 is 2.66 bits per heavy atom. The van der Waals surface area contributed by atoms with Crippen molar-refractivity contribution in [2.24, 2.45) is 0 Å². The minimum Gasteiger partial charge on any atom is -0.548 e. The van der Waals surface area contributed by atoms with Crippen LogP contribution in [0.25, 0.3) is 22.0 Å². The number of phenolic OH excluding ortho intramolecular Hbond substituents is 1. The lowest BCUT2D eigenvalue weighted by atomic mass is 9.95. The van der Waals surface area contributed by atoms with Crippen LogP contribution in [0, 0.1) is 0 Å². The molecule has 2 aliphatic heterocycles. The molecule has 150 valence electrons. The first-order chi connectivity index (χ1) is 14.0. The molecule has 0 atom stereocenters. The number of carbonyl (C=O) groups is 1. The molecule has 0 fully saturated rings. The standard InChI is InChI=1S/C19H15NO4.C2H4O3/c1-22-16-3-2-11-6-15-13-8-18-17(23-10-24-18)7-12(13)4-5-20(15)9-14(11)19(16)21;3-1-2(4)5/h2-3,6-9H,4-5,10H2,1H3;3H,1H2,(H,4,5). The predicted molar refractivity (Wildman–Crippen MR) is 99.7 cm³/mol. The van der Waals surface area contributed by atoms with E-state index in [0.717, 1.165) is 46.5 Å². The number of nitrogens with zero attached hydrogens (tertiary/aromatic N) is 1. The summed E-state index contributed by atoms with van der Waals surface area (Å²) in [6.45, 7) is 0.248. The summed E-state index contributed by atoms with van der Waals surface area (Å²) in [6, 6.07) is 10.00. The van der Waals surface area contributed by atoms with Crippen LogP contribution in [0.5, 0.6) is 23.0 Å². The molecule has 0 saturated carbocycles. The zero-order chi connectivity index (χ0) is 20.5. The van der Waals surface area contributed by atoms with Gasteiger partial charge in [0.2, 0.25) is 12.5 Å². The fourth-order valence-corrected chi connectivity index (χ4v) is 3.57. The Morgan fingerprint density at radius 1 is 1.24 bits per heavy atom. The smallest absolute Gasteiger partial charge is 0.231 e. The van der Waals surface area contributed by atoms with E-state index in [0.29, 0.717) is 5.75 Å². The van der Waals surface area contributed by atoms with E-state index in [9.17, 15) is 5.11 Å². The van der Waals surface area contributed by atoms with Crippen molar-refractivity contribution in [1.29, 1.82) is 0 Å². The van der Waals surface area contributed by atoms with E-state index in [1.54, 1.807) is 13.2 Å². The summed E-state index contributed by atoms with van der Waals surface area (Å²) in [4.78, 5) is 9.01. The highest BCUT2D eigenvalue weighted by molar-refractivity contribution is 5.91. The topological polar surface area (TPSA) is 112 Å². The van der Waals surface area contributed by atoms with Gasteiger partial charge in [-0.2, -0.15) is 4.57 Å². The number of carbonyl (C=O) groups excluding carboxylic acids is 1. The number of hydrogen-bond donors (Lipinski definition) is 2. The van der Waals surface area contributed by atoms with E-state index < -0.39 is 12.6 Å². The first-order valence-electron chi connectivity index (χ1n) is 8.98. The quantitative estimate of drug-likeness (QED) is 0.607. The second-order valence-electron chi connectivity index (χ2n) is 6.61. The summed E-state index contributed by atoms with van der Waals surface area (Å²) in [5.41, 5.74) is 3.53. The number of carboxylic acids is 1. The molecule has 3 aromatic rings. The fourth-order valence-electron chi connectivity index (χ4n) is 3.57. The molecule has 2 aromatic carbocycles. The van der Waals surface area contributed by atoms with Gasteiger partial charge in [0, 0.05) is 12.5 Å². The first-order valence-corrected chi connectivity index (χ1v) is 8.98. The molecule has 0 spiro atoms. The molecule has 3 heterocycles. The SMILES string of the molecule is COc1ccc2cc3[n+](cc2c1O)CCc1cc2c(cc1-3)OCO2.O=C([O-])CO. The molecule has 8 heteroatoms. The monoisotopic (exact) mass is 397 g/mol. The summed E-state index contributed by atoms with van der Waals surface area (Å²) in [5.74, 6) is 0.847. The number of aliphatic hydroxyl groups is 1. The third kappa shape index (κ3) is 3.38. The number of ether oxygens (including phenoxy) is 3. The summed E-state index contributed by atoms with van der Waals surface area (Å²) in [7, 11) is 1.56. The second-order valence-corrected chi connectivity index (χ2v) is 6.61. The Bertz CT molecular complexity index is 1110. The molecule has 2 aliphatic rings. The maximum absolute atomic E-state index is 10.4. The number of aliphatic carboxylic acids is 1. The number of carboxylic acid groups (broad SMARTS) is 1. The van der Waals surface area contributed by atoms with Gasteiger partial charge in [0.25, 0.3) is 0 Å². The lowest BCUT2D eigenvalue weighted by Crippen LogP contribution is -2.39. The minimum absolute atomic E-state index is 0.182. The number of pyridine rings is 1. The molecule has 0 bridgehead atoms. The molecule has 0 amide bonds. The van der Waals surface area contributed by atoms with Gasteiger partial charge in [-0.25, -0.2) is 0 Å².